The van der Waals surface area contributed by atoms with Gasteiger partial charge in [0.1, 0.15) is 6.54 Å². The Hall–Kier alpha value is -2.37. The van der Waals surface area contributed by atoms with E-state index in [2.05, 4.69) is 5.32 Å². The first-order chi connectivity index (χ1) is 10.7. The van der Waals surface area contributed by atoms with E-state index >= 15 is 0 Å². The maximum Gasteiger partial charge on any atom is 0.331 e. The number of aryl methyl sites for hydroxylation is 2. The average molecular weight is 317 g/mol. The number of carbonyl (C=O) groups is 1. The van der Waals surface area contributed by atoms with Gasteiger partial charge in [0, 0.05) is 12.1 Å². The van der Waals surface area contributed by atoms with Crippen molar-refractivity contribution in [2.45, 2.75) is 53.2 Å². The van der Waals surface area contributed by atoms with E-state index in [-0.39, 0.29) is 12.5 Å². The molecule has 0 fully saturated rings. The van der Waals surface area contributed by atoms with Crippen molar-refractivity contribution in [1.29, 1.82) is 0 Å². The van der Waals surface area contributed by atoms with Crippen LogP contribution in [0.4, 0.5) is 0 Å². The number of nitrogens with one attached hydrogen (secondary N) is 1. The van der Waals surface area contributed by atoms with Crippen molar-refractivity contribution in [2.75, 3.05) is 0 Å². The van der Waals surface area contributed by atoms with Gasteiger partial charge in [0.15, 0.2) is 0 Å². The second kappa shape index (κ2) is 6.02. The zero-order valence-electron chi connectivity index (χ0n) is 14.3. The molecule has 0 saturated heterocycles. The molecule has 23 heavy (non-hydrogen) atoms. The molecular formula is C17H23N3O3. The molecule has 0 radical (unpaired) electrons. The van der Waals surface area contributed by atoms with Crippen LogP contribution >= 0.6 is 0 Å². The Kier molecular flexibility index (Phi) is 4.45. The van der Waals surface area contributed by atoms with Crippen LogP contribution in [-0.4, -0.2) is 20.6 Å². The molecule has 0 unspecified atom stereocenters. The third kappa shape index (κ3) is 3.36. The number of benzene rings is 1. The van der Waals surface area contributed by atoms with Crippen LogP contribution in [0.25, 0.3) is 10.9 Å². The maximum atomic E-state index is 12.6. The number of aromatic nitrogens is 2. The lowest BCUT2D eigenvalue weighted by Gasteiger charge is -2.21. The molecule has 1 aromatic heterocycles. The van der Waals surface area contributed by atoms with Gasteiger partial charge in [-0.1, -0.05) is 12.1 Å². The van der Waals surface area contributed by atoms with E-state index in [1.807, 2.05) is 40.7 Å². The molecule has 0 bridgehead atoms. The van der Waals surface area contributed by atoms with Gasteiger partial charge in [-0.05, 0) is 46.2 Å². The number of fused-ring (bicyclic) bond motifs is 1. The van der Waals surface area contributed by atoms with Gasteiger partial charge in [-0.15, -0.1) is 0 Å². The molecular weight excluding hydrogens is 294 g/mol. The topological polar surface area (TPSA) is 73.1 Å². The summed E-state index contributed by atoms with van der Waals surface area (Å²) in [6.07, 6.45) is 0. The Bertz CT molecular complexity index is 869. The fraction of sp³-hybridized carbons (Fsp3) is 0.471. The fourth-order valence-electron chi connectivity index (χ4n) is 2.70. The van der Waals surface area contributed by atoms with Crippen molar-refractivity contribution < 1.29 is 4.79 Å². The second-order valence-electron chi connectivity index (χ2n) is 6.69. The first-order valence-electron chi connectivity index (χ1n) is 7.69. The summed E-state index contributed by atoms with van der Waals surface area (Å²) in [5.41, 5.74) is 0.200. The fourth-order valence-corrected chi connectivity index (χ4v) is 2.70. The van der Waals surface area contributed by atoms with Crippen LogP contribution in [0, 0.1) is 6.92 Å². The minimum absolute atomic E-state index is 0.279. The average Bonchev–Trinajstić information content (AvgIpc) is 2.43. The summed E-state index contributed by atoms with van der Waals surface area (Å²) < 4.78 is 2.54. The summed E-state index contributed by atoms with van der Waals surface area (Å²) in [5.74, 6) is -0.355. The highest BCUT2D eigenvalue weighted by atomic mass is 16.2. The van der Waals surface area contributed by atoms with Crippen molar-refractivity contribution >= 4 is 16.8 Å². The number of amides is 1. The maximum absolute atomic E-state index is 12.6. The standard InChI is InChI=1S/C17H23N3O3/c1-6-19-14-11(2)8-7-9-12(14)15(22)20(16(19)23)10-13(21)18-17(3,4)5/h7-9H,6,10H2,1-5H3,(H,18,21). The Balaban J connectivity index is 2.65. The Morgan fingerprint density at radius 2 is 1.83 bits per heavy atom. The van der Waals surface area contributed by atoms with Crippen molar-refractivity contribution in [1.82, 2.24) is 14.5 Å². The molecule has 6 nitrogen and oxygen atoms in total. The monoisotopic (exact) mass is 317 g/mol. The number of hydrogen-bond acceptors (Lipinski definition) is 3. The zero-order chi connectivity index (χ0) is 17.4. The van der Waals surface area contributed by atoms with E-state index in [9.17, 15) is 14.4 Å². The Labute approximate surface area is 134 Å². The van der Waals surface area contributed by atoms with Gasteiger partial charge < -0.3 is 5.32 Å². The molecule has 0 saturated carbocycles. The molecule has 1 amide bonds. The third-order valence-electron chi connectivity index (χ3n) is 3.58. The molecule has 0 atom stereocenters. The van der Waals surface area contributed by atoms with E-state index in [4.69, 9.17) is 0 Å². The molecule has 124 valence electrons. The molecule has 0 aliphatic rings. The summed E-state index contributed by atoms with van der Waals surface area (Å²) in [7, 11) is 0. The molecule has 2 aromatic rings. The zero-order valence-corrected chi connectivity index (χ0v) is 14.3. The van der Waals surface area contributed by atoms with Gasteiger partial charge >= 0.3 is 5.69 Å². The summed E-state index contributed by atoms with van der Waals surface area (Å²) in [6, 6.07) is 5.33. The minimum Gasteiger partial charge on any atom is -0.350 e. The van der Waals surface area contributed by atoms with Crippen LogP contribution in [-0.2, 0) is 17.9 Å². The lowest BCUT2D eigenvalue weighted by atomic mass is 10.1. The van der Waals surface area contributed by atoms with Crippen LogP contribution in [0.5, 0.6) is 0 Å². The van der Waals surface area contributed by atoms with Crippen LogP contribution in [0.15, 0.2) is 27.8 Å². The summed E-state index contributed by atoms with van der Waals surface area (Å²) >= 11 is 0. The lowest BCUT2D eigenvalue weighted by Crippen LogP contribution is -2.47. The second-order valence-corrected chi connectivity index (χ2v) is 6.69. The number of rotatable bonds is 3. The SMILES string of the molecule is CCn1c(=O)n(CC(=O)NC(C)(C)C)c(=O)c2cccc(C)c21. The van der Waals surface area contributed by atoms with E-state index in [1.165, 1.54) is 4.57 Å². The quantitative estimate of drug-likeness (QED) is 0.930. The molecule has 1 N–H and O–H groups in total. The highest BCUT2D eigenvalue weighted by Gasteiger charge is 2.18. The smallest absolute Gasteiger partial charge is 0.331 e. The van der Waals surface area contributed by atoms with Crippen molar-refractivity contribution in [2.24, 2.45) is 0 Å². The molecule has 1 aromatic carbocycles. The first-order valence-corrected chi connectivity index (χ1v) is 7.69. The van der Waals surface area contributed by atoms with Gasteiger partial charge in [0.25, 0.3) is 5.56 Å². The summed E-state index contributed by atoms with van der Waals surface area (Å²) in [5, 5.41) is 3.23. The number of hydrogen-bond donors (Lipinski definition) is 1. The predicted octanol–water partition coefficient (Wildman–Crippen LogP) is 1.41. The first kappa shape index (κ1) is 17.0. The van der Waals surface area contributed by atoms with Crippen LogP contribution in [0.1, 0.15) is 33.3 Å². The molecule has 0 aliphatic carbocycles. The predicted molar refractivity (Wildman–Crippen MR) is 90.8 cm³/mol. The van der Waals surface area contributed by atoms with E-state index < -0.39 is 16.8 Å². The summed E-state index contributed by atoms with van der Waals surface area (Å²) in [4.78, 5) is 37.4. The van der Waals surface area contributed by atoms with Crippen molar-refractivity contribution in [3.8, 4) is 0 Å². The molecule has 0 aliphatic heterocycles. The highest BCUT2D eigenvalue weighted by Crippen LogP contribution is 2.13. The van der Waals surface area contributed by atoms with Crippen molar-refractivity contribution in [3.05, 3.63) is 44.6 Å². The van der Waals surface area contributed by atoms with Crippen LogP contribution in [0.2, 0.25) is 0 Å². The Morgan fingerprint density at radius 1 is 1.17 bits per heavy atom. The molecule has 0 spiro atoms. The van der Waals surface area contributed by atoms with E-state index in [0.717, 1.165) is 10.1 Å². The van der Waals surface area contributed by atoms with E-state index in [0.29, 0.717) is 17.4 Å². The largest absolute Gasteiger partial charge is 0.350 e. The van der Waals surface area contributed by atoms with Gasteiger partial charge in [-0.25, -0.2) is 4.79 Å². The van der Waals surface area contributed by atoms with Crippen molar-refractivity contribution in [3.63, 3.8) is 0 Å². The normalized spacial score (nSPS) is 11.7. The molecule has 2 rings (SSSR count). The van der Waals surface area contributed by atoms with Crippen LogP contribution < -0.4 is 16.6 Å². The van der Waals surface area contributed by atoms with Gasteiger partial charge in [0.05, 0.1) is 10.9 Å². The number of nitrogens with zero attached hydrogens (tertiary/aromatic N) is 2. The third-order valence-corrected chi connectivity index (χ3v) is 3.58. The lowest BCUT2D eigenvalue weighted by molar-refractivity contribution is -0.123. The van der Waals surface area contributed by atoms with Gasteiger partial charge in [-0.2, -0.15) is 0 Å². The number of carbonyl (C=O) groups excluding carboxylic acids is 1. The van der Waals surface area contributed by atoms with E-state index in [1.54, 1.807) is 12.1 Å². The summed E-state index contributed by atoms with van der Waals surface area (Å²) in [6.45, 7) is 9.41. The highest BCUT2D eigenvalue weighted by molar-refractivity contribution is 5.82. The molecule has 1 heterocycles. The van der Waals surface area contributed by atoms with Gasteiger partial charge in [-0.3, -0.25) is 18.7 Å². The van der Waals surface area contributed by atoms with Gasteiger partial charge in [0.2, 0.25) is 5.91 Å². The van der Waals surface area contributed by atoms with Crippen LogP contribution in [0.3, 0.4) is 0 Å². The Morgan fingerprint density at radius 3 is 2.39 bits per heavy atom. The molecule has 6 heteroatoms. The number of para-hydroxylation sites is 1. The minimum atomic E-state index is -0.455.